The molecule has 1 aliphatic heterocycles. The average Bonchev–Trinajstić information content (AvgIpc) is 2.18. The molecule has 0 N–H and O–H groups in total. The van der Waals surface area contributed by atoms with Crippen LogP contribution in [0.4, 0.5) is 0 Å². The van der Waals surface area contributed by atoms with Gasteiger partial charge in [-0.25, -0.2) is 0 Å². The summed E-state index contributed by atoms with van der Waals surface area (Å²) in [7, 11) is 2.28. The van der Waals surface area contributed by atoms with Gasteiger partial charge in [-0.15, -0.1) is 0 Å². The number of alkyl halides is 1. The summed E-state index contributed by atoms with van der Waals surface area (Å²) in [5.74, 6) is 0. The quantitative estimate of drug-likeness (QED) is 0.538. The van der Waals surface area contributed by atoms with Crippen molar-refractivity contribution in [3.05, 3.63) is 0 Å². The zero-order valence-corrected chi connectivity index (χ0v) is 11.2. The van der Waals surface area contributed by atoms with Crippen LogP contribution in [-0.2, 0) is 0 Å². The Labute approximate surface area is 97.4 Å². The predicted molar refractivity (Wildman–Crippen MR) is 67.1 cm³/mol. The third-order valence-electron chi connectivity index (χ3n) is 3.33. The molecule has 0 aliphatic carbocycles. The van der Waals surface area contributed by atoms with Crippen molar-refractivity contribution in [2.24, 2.45) is 0 Å². The lowest BCUT2D eigenvalue weighted by atomic mass is 9.97. The van der Waals surface area contributed by atoms with Crippen LogP contribution in [0.1, 0.15) is 51.9 Å². The minimum Gasteiger partial charge on any atom is -0.302 e. The van der Waals surface area contributed by atoms with Crippen molar-refractivity contribution in [3.63, 3.8) is 0 Å². The first-order chi connectivity index (χ1) is 6.75. The first kappa shape index (κ1) is 12.5. The van der Waals surface area contributed by atoms with Gasteiger partial charge in [-0.2, -0.15) is 0 Å². The largest absolute Gasteiger partial charge is 0.302 e. The summed E-state index contributed by atoms with van der Waals surface area (Å²) >= 11 is 3.87. The van der Waals surface area contributed by atoms with Gasteiger partial charge < -0.3 is 4.90 Å². The third kappa shape index (κ3) is 3.90. The van der Waals surface area contributed by atoms with E-state index < -0.39 is 0 Å². The molecule has 1 saturated heterocycles. The fourth-order valence-electron chi connectivity index (χ4n) is 2.34. The number of unbranched alkanes of at least 4 members (excludes halogenated alkanes) is 2. The van der Waals surface area contributed by atoms with Crippen LogP contribution in [0.15, 0.2) is 0 Å². The number of hydrogen-bond acceptors (Lipinski definition) is 1. The van der Waals surface area contributed by atoms with Gasteiger partial charge in [-0.3, -0.25) is 0 Å². The van der Waals surface area contributed by atoms with Crippen LogP contribution in [-0.4, -0.2) is 29.4 Å². The molecule has 1 heterocycles. The van der Waals surface area contributed by atoms with Crippen LogP contribution in [0.5, 0.6) is 0 Å². The molecular weight excluding hydrogens is 238 g/mol. The Morgan fingerprint density at radius 1 is 1.36 bits per heavy atom. The van der Waals surface area contributed by atoms with E-state index >= 15 is 0 Å². The molecule has 1 nitrogen and oxygen atoms in total. The van der Waals surface area contributed by atoms with Gasteiger partial charge in [0.1, 0.15) is 0 Å². The van der Waals surface area contributed by atoms with Crippen molar-refractivity contribution in [2.45, 2.75) is 62.7 Å². The third-order valence-corrected chi connectivity index (χ3v) is 4.40. The molecule has 1 rings (SSSR count). The second-order valence-corrected chi connectivity index (χ2v) is 5.73. The summed E-state index contributed by atoms with van der Waals surface area (Å²) in [6, 6.07) is 0.792. The summed E-state index contributed by atoms with van der Waals surface area (Å²) in [4.78, 5) is 3.26. The molecule has 0 saturated carbocycles. The van der Waals surface area contributed by atoms with Crippen molar-refractivity contribution < 1.29 is 0 Å². The van der Waals surface area contributed by atoms with Crippen molar-refractivity contribution >= 4 is 15.9 Å². The normalized spacial score (nSPS) is 26.4. The van der Waals surface area contributed by atoms with Crippen molar-refractivity contribution in [2.75, 3.05) is 13.6 Å². The highest BCUT2D eigenvalue weighted by Crippen LogP contribution is 2.25. The molecular formula is C12H24BrN. The number of piperidine rings is 1. The maximum absolute atomic E-state index is 3.87. The first-order valence-corrected chi connectivity index (χ1v) is 7.01. The molecule has 14 heavy (non-hydrogen) atoms. The van der Waals surface area contributed by atoms with Crippen LogP contribution >= 0.6 is 15.9 Å². The number of rotatable bonds is 5. The SMILES string of the molecule is CCCCCC(Br)C1CCCCN1C. The number of halogens is 1. The highest BCUT2D eigenvalue weighted by Gasteiger charge is 2.24. The maximum Gasteiger partial charge on any atom is 0.0301 e. The Morgan fingerprint density at radius 3 is 2.79 bits per heavy atom. The zero-order valence-electron chi connectivity index (χ0n) is 9.64. The summed E-state index contributed by atoms with van der Waals surface area (Å²) in [6.07, 6.45) is 9.66. The Kier molecular flexibility index (Phi) is 6.11. The van der Waals surface area contributed by atoms with Gasteiger partial charge in [0.05, 0.1) is 0 Å². The molecule has 0 aromatic heterocycles. The van der Waals surface area contributed by atoms with Crippen LogP contribution in [0.2, 0.25) is 0 Å². The first-order valence-electron chi connectivity index (χ1n) is 6.10. The van der Waals surface area contributed by atoms with Gasteiger partial charge in [-0.1, -0.05) is 48.5 Å². The molecule has 0 amide bonds. The van der Waals surface area contributed by atoms with Crippen LogP contribution in [0.25, 0.3) is 0 Å². The topological polar surface area (TPSA) is 3.24 Å². The molecule has 1 aliphatic rings. The second kappa shape index (κ2) is 6.84. The number of nitrogens with zero attached hydrogens (tertiary/aromatic N) is 1. The Hall–Kier alpha value is 0.440. The summed E-state index contributed by atoms with van der Waals surface area (Å²) < 4.78 is 0. The summed E-state index contributed by atoms with van der Waals surface area (Å²) in [5, 5.41) is 0. The van der Waals surface area contributed by atoms with E-state index in [-0.39, 0.29) is 0 Å². The molecule has 0 aromatic rings. The minimum absolute atomic E-state index is 0.722. The molecule has 2 heteroatoms. The lowest BCUT2D eigenvalue weighted by molar-refractivity contribution is 0.179. The van der Waals surface area contributed by atoms with E-state index in [2.05, 4.69) is 34.8 Å². The van der Waals surface area contributed by atoms with Gasteiger partial charge in [0.2, 0.25) is 0 Å². The summed E-state index contributed by atoms with van der Waals surface area (Å²) in [5.41, 5.74) is 0. The molecule has 84 valence electrons. The molecule has 0 aromatic carbocycles. The molecule has 2 unspecified atom stereocenters. The van der Waals surface area contributed by atoms with E-state index in [1.54, 1.807) is 0 Å². The highest BCUT2D eigenvalue weighted by molar-refractivity contribution is 9.09. The average molecular weight is 262 g/mol. The van der Waals surface area contributed by atoms with E-state index in [0.29, 0.717) is 0 Å². The van der Waals surface area contributed by atoms with E-state index in [1.807, 2.05) is 0 Å². The fourth-order valence-corrected chi connectivity index (χ4v) is 3.33. The standard InChI is InChI=1S/C12H24BrN/c1-3-4-5-8-11(13)12-9-6-7-10-14(12)2/h11-12H,3-10H2,1-2H3. The highest BCUT2D eigenvalue weighted by atomic mass is 79.9. The zero-order chi connectivity index (χ0) is 10.4. The van der Waals surface area contributed by atoms with E-state index in [0.717, 1.165) is 10.9 Å². The van der Waals surface area contributed by atoms with Crippen molar-refractivity contribution in [1.29, 1.82) is 0 Å². The van der Waals surface area contributed by atoms with Gasteiger partial charge >= 0.3 is 0 Å². The molecule has 0 radical (unpaired) electrons. The van der Waals surface area contributed by atoms with Crippen LogP contribution < -0.4 is 0 Å². The van der Waals surface area contributed by atoms with Gasteiger partial charge in [0.25, 0.3) is 0 Å². The lowest BCUT2D eigenvalue weighted by Crippen LogP contribution is -2.42. The van der Waals surface area contributed by atoms with E-state index in [9.17, 15) is 0 Å². The van der Waals surface area contributed by atoms with Gasteiger partial charge in [-0.05, 0) is 32.9 Å². The Morgan fingerprint density at radius 2 is 2.14 bits per heavy atom. The smallest absolute Gasteiger partial charge is 0.0301 e. The maximum atomic E-state index is 3.87. The monoisotopic (exact) mass is 261 g/mol. The summed E-state index contributed by atoms with van der Waals surface area (Å²) in [6.45, 7) is 3.57. The predicted octanol–water partition coefficient (Wildman–Crippen LogP) is 3.81. The van der Waals surface area contributed by atoms with Gasteiger partial charge in [0.15, 0.2) is 0 Å². The molecule has 0 bridgehead atoms. The van der Waals surface area contributed by atoms with Crippen LogP contribution in [0.3, 0.4) is 0 Å². The molecule has 0 spiro atoms. The van der Waals surface area contributed by atoms with Crippen molar-refractivity contribution in [1.82, 2.24) is 4.90 Å². The number of hydrogen-bond donors (Lipinski definition) is 0. The Balaban J connectivity index is 2.23. The fraction of sp³-hybridized carbons (Fsp3) is 1.00. The van der Waals surface area contributed by atoms with E-state index in [1.165, 1.54) is 51.5 Å². The van der Waals surface area contributed by atoms with E-state index in [4.69, 9.17) is 0 Å². The minimum atomic E-state index is 0.722. The molecule has 1 fully saturated rings. The van der Waals surface area contributed by atoms with Crippen LogP contribution in [0, 0.1) is 0 Å². The number of likely N-dealkylation sites (tertiary alicyclic amines) is 1. The van der Waals surface area contributed by atoms with Crippen molar-refractivity contribution in [3.8, 4) is 0 Å². The lowest BCUT2D eigenvalue weighted by Gasteiger charge is -2.35. The second-order valence-electron chi connectivity index (χ2n) is 4.56. The molecule has 2 atom stereocenters. The Bertz CT molecular complexity index is 149. The van der Waals surface area contributed by atoms with Gasteiger partial charge in [0, 0.05) is 10.9 Å².